The van der Waals surface area contributed by atoms with Gasteiger partial charge in [-0.1, -0.05) is 13.8 Å². The molecule has 1 N–H and O–H groups in total. The molecule has 0 aromatic carbocycles. The molecule has 0 fully saturated rings. The largest absolute Gasteiger partial charge is 0.470 e. The highest BCUT2D eigenvalue weighted by atomic mass is 16.6. The van der Waals surface area contributed by atoms with Crippen LogP contribution in [0.25, 0.3) is 0 Å². The van der Waals surface area contributed by atoms with E-state index in [1.807, 2.05) is 20.8 Å². The molecular formula is C11H18N4O3. The maximum Gasteiger partial charge on any atom is 0.372 e. The number of rotatable bonds is 7. The average Bonchev–Trinajstić information content (AvgIpc) is 2.35. The van der Waals surface area contributed by atoms with Gasteiger partial charge in [-0.3, -0.25) is 10.1 Å². The quantitative estimate of drug-likeness (QED) is 0.593. The van der Waals surface area contributed by atoms with Crippen LogP contribution < -0.4 is 10.1 Å². The molecule has 0 aliphatic rings. The molecule has 0 aliphatic heterocycles. The number of nitrogens with zero attached hydrogens (tertiary/aromatic N) is 3. The standard InChI is InChI=1S/C11H18N4O3/c1-4-6-12-10-9(15(16)17)11(14-7-13-10)18-8(3)5-2/h7-8H,4-6H2,1-3H3,(H,12,13,14). The van der Waals surface area contributed by atoms with E-state index in [1.165, 1.54) is 6.33 Å². The molecule has 18 heavy (non-hydrogen) atoms. The molecule has 1 aromatic rings. The molecule has 1 unspecified atom stereocenters. The number of hydrogen-bond acceptors (Lipinski definition) is 6. The first kappa shape index (κ1) is 14.1. The molecule has 100 valence electrons. The van der Waals surface area contributed by atoms with Gasteiger partial charge in [0.25, 0.3) is 5.88 Å². The van der Waals surface area contributed by atoms with Crippen molar-refractivity contribution in [3.63, 3.8) is 0 Å². The highest BCUT2D eigenvalue weighted by molar-refractivity contribution is 5.61. The summed E-state index contributed by atoms with van der Waals surface area (Å²) in [4.78, 5) is 18.3. The van der Waals surface area contributed by atoms with Gasteiger partial charge >= 0.3 is 5.69 Å². The van der Waals surface area contributed by atoms with E-state index in [-0.39, 0.29) is 23.5 Å². The molecule has 7 heteroatoms. The molecule has 0 saturated heterocycles. The van der Waals surface area contributed by atoms with E-state index in [0.717, 1.165) is 12.8 Å². The third-order valence-electron chi connectivity index (χ3n) is 2.40. The van der Waals surface area contributed by atoms with Crippen molar-refractivity contribution in [2.75, 3.05) is 11.9 Å². The van der Waals surface area contributed by atoms with Crippen LogP contribution in [0.15, 0.2) is 6.33 Å². The van der Waals surface area contributed by atoms with Crippen LogP contribution in [-0.4, -0.2) is 27.5 Å². The number of aromatic nitrogens is 2. The topological polar surface area (TPSA) is 90.2 Å². The lowest BCUT2D eigenvalue weighted by Crippen LogP contribution is -2.14. The molecule has 0 amide bonds. The van der Waals surface area contributed by atoms with Gasteiger partial charge in [0.1, 0.15) is 6.33 Å². The van der Waals surface area contributed by atoms with Gasteiger partial charge in [0, 0.05) is 6.54 Å². The number of ether oxygens (including phenoxy) is 1. The molecule has 0 saturated carbocycles. The Hall–Kier alpha value is -1.92. The Bertz CT molecular complexity index is 411. The number of nitro groups is 1. The van der Waals surface area contributed by atoms with E-state index < -0.39 is 4.92 Å². The highest BCUT2D eigenvalue weighted by Crippen LogP contribution is 2.31. The van der Waals surface area contributed by atoms with Crippen molar-refractivity contribution in [3.05, 3.63) is 16.4 Å². The van der Waals surface area contributed by atoms with E-state index in [4.69, 9.17) is 4.74 Å². The SMILES string of the molecule is CCCNc1ncnc(OC(C)CC)c1[N+](=O)[O-]. The highest BCUT2D eigenvalue weighted by Gasteiger charge is 2.25. The summed E-state index contributed by atoms with van der Waals surface area (Å²) in [7, 11) is 0. The molecular weight excluding hydrogens is 236 g/mol. The first-order valence-corrected chi connectivity index (χ1v) is 6.00. The van der Waals surface area contributed by atoms with Gasteiger partial charge in [-0.05, 0) is 19.8 Å². The first-order chi connectivity index (χ1) is 8.60. The second kappa shape index (κ2) is 6.73. The molecule has 0 radical (unpaired) electrons. The van der Waals surface area contributed by atoms with Crippen molar-refractivity contribution in [3.8, 4) is 5.88 Å². The molecule has 7 nitrogen and oxygen atoms in total. The van der Waals surface area contributed by atoms with Gasteiger partial charge in [0.15, 0.2) is 0 Å². The Labute approximate surface area is 106 Å². The zero-order valence-corrected chi connectivity index (χ0v) is 10.8. The lowest BCUT2D eigenvalue weighted by atomic mass is 10.3. The zero-order chi connectivity index (χ0) is 13.5. The Morgan fingerprint density at radius 1 is 1.50 bits per heavy atom. The van der Waals surface area contributed by atoms with Gasteiger partial charge in [0.05, 0.1) is 11.0 Å². The molecule has 0 bridgehead atoms. The Morgan fingerprint density at radius 2 is 2.22 bits per heavy atom. The fourth-order valence-corrected chi connectivity index (χ4v) is 1.26. The normalized spacial score (nSPS) is 11.9. The summed E-state index contributed by atoms with van der Waals surface area (Å²) in [6.45, 7) is 6.36. The molecule has 1 rings (SSSR count). The van der Waals surface area contributed by atoms with Crippen molar-refractivity contribution in [1.82, 2.24) is 9.97 Å². The van der Waals surface area contributed by atoms with Crippen molar-refractivity contribution >= 4 is 11.5 Å². The monoisotopic (exact) mass is 254 g/mol. The molecule has 0 spiro atoms. The minimum absolute atomic E-state index is 0.0166. The summed E-state index contributed by atoms with van der Waals surface area (Å²) in [5.74, 6) is 0.220. The Balaban J connectivity index is 3.05. The van der Waals surface area contributed by atoms with Gasteiger partial charge in [-0.15, -0.1) is 0 Å². The summed E-state index contributed by atoms with van der Waals surface area (Å²) in [6.07, 6.45) is 2.74. The van der Waals surface area contributed by atoms with Gasteiger partial charge in [-0.25, -0.2) is 4.98 Å². The van der Waals surface area contributed by atoms with Crippen molar-refractivity contribution < 1.29 is 9.66 Å². The van der Waals surface area contributed by atoms with Crippen molar-refractivity contribution in [2.24, 2.45) is 0 Å². The average molecular weight is 254 g/mol. The van der Waals surface area contributed by atoms with E-state index >= 15 is 0 Å². The first-order valence-electron chi connectivity index (χ1n) is 6.00. The molecule has 1 heterocycles. The van der Waals surface area contributed by atoms with Crippen LogP contribution in [0.5, 0.6) is 5.88 Å². The Kier molecular flexibility index (Phi) is 5.29. The lowest BCUT2D eigenvalue weighted by molar-refractivity contribution is -0.385. The minimum atomic E-state index is -0.518. The fraction of sp³-hybridized carbons (Fsp3) is 0.636. The third kappa shape index (κ3) is 3.54. The molecule has 1 aromatic heterocycles. The van der Waals surface area contributed by atoms with Crippen LogP contribution in [0.1, 0.15) is 33.6 Å². The summed E-state index contributed by atoms with van der Waals surface area (Å²) in [5.41, 5.74) is -0.203. The van der Waals surface area contributed by atoms with E-state index in [1.54, 1.807) is 0 Å². The van der Waals surface area contributed by atoms with Gasteiger partial charge in [-0.2, -0.15) is 4.98 Å². The minimum Gasteiger partial charge on any atom is -0.470 e. The van der Waals surface area contributed by atoms with Crippen LogP contribution in [0, 0.1) is 10.1 Å². The summed E-state index contributed by atoms with van der Waals surface area (Å²) in [6, 6.07) is 0. The van der Waals surface area contributed by atoms with Crippen LogP contribution in [0.3, 0.4) is 0 Å². The predicted octanol–water partition coefficient (Wildman–Crippen LogP) is 2.38. The third-order valence-corrected chi connectivity index (χ3v) is 2.40. The van der Waals surface area contributed by atoms with E-state index in [9.17, 15) is 10.1 Å². The van der Waals surface area contributed by atoms with E-state index in [2.05, 4.69) is 15.3 Å². The summed E-state index contributed by atoms with van der Waals surface area (Å²) < 4.78 is 5.44. The second-order valence-corrected chi connectivity index (χ2v) is 3.90. The van der Waals surface area contributed by atoms with E-state index in [0.29, 0.717) is 6.54 Å². The number of hydrogen-bond donors (Lipinski definition) is 1. The van der Waals surface area contributed by atoms with Crippen LogP contribution >= 0.6 is 0 Å². The Morgan fingerprint density at radius 3 is 2.78 bits per heavy atom. The van der Waals surface area contributed by atoms with Crippen molar-refractivity contribution in [1.29, 1.82) is 0 Å². The molecule has 0 aliphatic carbocycles. The number of anilines is 1. The maximum atomic E-state index is 11.1. The summed E-state index contributed by atoms with van der Waals surface area (Å²) >= 11 is 0. The van der Waals surface area contributed by atoms with Gasteiger partial charge < -0.3 is 10.1 Å². The van der Waals surface area contributed by atoms with Crippen molar-refractivity contribution in [2.45, 2.75) is 39.7 Å². The number of nitrogens with one attached hydrogen (secondary N) is 1. The zero-order valence-electron chi connectivity index (χ0n) is 10.8. The van der Waals surface area contributed by atoms with Crippen LogP contribution in [0.4, 0.5) is 11.5 Å². The smallest absolute Gasteiger partial charge is 0.372 e. The second-order valence-electron chi connectivity index (χ2n) is 3.90. The fourth-order valence-electron chi connectivity index (χ4n) is 1.26. The lowest BCUT2D eigenvalue weighted by Gasteiger charge is -2.12. The maximum absolute atomic E-state index is 11.1. The predicted molar refractivity (Wildman–Crippen MR) is 67.8 cm³/mol. The molecule has 1 atom stereocenters. The summed E-state index contributed by atoms with van der Waals surface area (Å²) in [5, 5.41) is 14.0. The van der Waals surface area contributed by atoms with Crippen LogP contribution in [-0.2, 0) is 0 Å². The van der Waals surface area contributed by atoms with Gasteiger partial charge in [0.2, 0.25) is 5.82 Å². The van der Waals surface area contributed by atoms with Crippen LogP contribution in [0.2, 0.25) is 0 Å².